The second kappa shape index (κ2) is 7.16. The second-order valence-electron chi connectivity index (χ2n) is 5.84. The van der Waals surface area contributed by atoms with E-state index >= 15 is 0 Å². The van der Waals surface area contributed by atoms with Gasteiger partial charge in [-0.05, 0) is 30.0 Å². The van der Waals surface area contributed by atoms with Crippen molar-refractivity contribution in [3.05, 3.63) is 35.4 Å². The fourth-order valence-electron chi connectivity index (χ4n) is 3.03. The summed E-state index contributed by atoms with van der Waals surface area (Å²) in [6, 6.07) is 8.96. The van der Waals surface area contributed by atoms with Crippen LogP contribution in [0.5, 0.6) is 0 Å². The zero-order valence-corrected chi connectivity index (χ0v) is 14.6. The molecule has 1 aromatic rings. The molecule has 0 saturated heterocycles. The molecule has 0 saturated carbocycles. The number of sulfone groups is 1. The van der Waals surface area contributed by atoms with Gasteiger partial charge in [-0.25, -0.2) is 8.42 Å². The van der Waals surface area contributed by atoms with Crippen LogP contribution >= 0.6 is 11.8 Å². The molecule has 3 nitrogen and oxygen atoms in total. The molecule has 1 aromatic carbocycles. The first-order chi connectivity index (χ1) is 9.92. The van der Waals surface area contributed by atoms with Crippen LogP contribution in [0.1, 0.15) is 43.4 Å². The summed E-state index contributed by atoms with van der Waals surface area (Å²) in [5.41, 5.74) is 2.82. The van der Waals surface area contributed by atoms with Gasteiger partial charge in [0.2, 0.25) is 0 Å². The second-order valence-corrected chi connectivity index (χ2v) is 9.45. The van der Waals surface area contributed by atoms with Crippen LogP contribution in [0.15, 0.2) is 24.3 Å². The molecule has 3 atom stereocenters. The minimum Gasteiger partial charge on any atom is -0.309 e. The number of hydrogen-bond acceptors (Lipinski definition) is 4. The molecular weight excluding hydrogens is 302 g/mol. The largest absolute Gasteiger partial charge is 0.309 e. The molecule has 0 aliphatic heterocycles. The summed E-state index contributed by atoms with van der Waals surface area (Å²) in [5, 5.41) is 4.03. The van der Waals surface area contributed by atoms with Crippen molar-refractivity contribution < 1.29 is 8.42 Å². The van der Waals surface area contributed by atoms with Crippen LogP contribution in [0.25, 0.3) is 0 Å². The quantitative estimate of drug-likeness (QED) is 0.872. The molecule has 0 heterocycles. The summed E-state index contributed by atoms with van der Waals surface area (Å²) < 4.78 is 22.6. The molecule has 1 aliphatic carbocycles. The standard InChI is InChI=1S/C16H25NO2S2/c1-4-17-16-14-8-6-5-7-13(14)12(2)11-15(16)20-9-10-21(3,18)19/h5-8,12,15-17H,4,9-11H2,1-3H3. The Kier molecular flexibility index (Phi) is 5.74. The van der Waals surface area contributed by atoms with Crippen LogP contribution in [-0.4, -0.2) is 38.0 Å². The van der Waals surface area contributed by atoms with E-state index in [2.05, 4.69) is 43.4 Å². The van der Waals surface area contributed by atoms with Crippen LogP contribution in [0, 0.1) is 0 Å². The Balaban J connectivity index is 2.14. The zero-order chi connectivity index (χ0) is 15.5. The fourth-order valence-corrected chi connectivity index (χ4v) is 5.79. The third kappa shape index (κ3) is 4.47. The minimum atomic E-state index is -2.87. The van der Waals surface area contributed by atoms with Gasteiger partial charge < -0.3 is 5.32 Å². The van der Waals surface area contributed by atoms with E-state index in [0.29, 0.717) is 23.0 Å². The lowest BCUT2D eigenvalue weighted by atomic mass is 9.80. The zero-order valence-electron chi connectivity index (χ0n) is 13.0. The Morgan fingerprint density at radius 1 is 1.29 bits per heavy atom. The van der Waals surface area contributed by atoms with Crippen molar-refractivity contribution in [2.75, 3.05) is 24.3 Å². The molecule has 2 rings (SSSR count). The molecule has 1 aliphatic rings. The SMILES string of the molecule is CCNC1c2ccccc2C(C)CC1SCCS(C)(=O)=O. The highest BCUT2D eigenvalue weighted by Crippen LogP contribution is 2.42. The van der Waals surface area contributed by atoms with Gasteiger partial charge in [-0.2, -0.15) is 11.8 Å². The van der Waals surface area contributed by atoms with Crippen LogP contribution < -0.4 is 5.32 Å². The van der Waals surface area contributed by atoms with Gasteiger partial charge in [-0.1, -0.05) is 38.1 Å². The van der Waals surface area contributed by atoms with Gasteiger partial charge in [-0.15, -0.1) is 0 Å². The van der Waals surface area contributed by atoms with Gasteiger partial charge in [0.05, 0.1) is 5.75 Å². The molecule has 118 valence electrons. The lowest BCUT2D eigenvalue weighted by molar-refractivity contribution is 0.454. The van der Waals surface area contributed by atoms with E-state index in [4.69, 9.17) is 0 Å². The van der Waals surface area contributed by atoms with E-state index in [0.717, 1.165) is 13.0 Å². The van der Waals surface area contributed by atoms with Crippen molar-refractivity contribution in [3.8, 4) is 0 Å². The van der Waals surface area contributed by atoms with Crippen molar-refractivity contribution in [1.29, 1.82) is 0 Å². The molecule has 0 fully saturated rings. The van der Waals surface area contributed by atoms with Gasteiger partial charge in [0.15, 0.2) is 0 Å². The lowest BCUT2D eigenvalue weighted by Crippen LogP contribution is -2.35. The number of rotatable bonds is 6. The first-order valence-electron chi connectivity index (χ1n) is 7.54. The molecule has 1 N–H and O–H groups in total. The normalized spacial score (nSPS) is 25.6. The molecule has 0 aromatic heterocycles. The highest BCUT2D eigenvalue weighted by atomic mass is 32.2. The topological polar surface area (TPSA) is 46.2 Å². The van der Waals surface area contributed by atoms with E-state index in [1.807, 2.05) is 0 Å². The summed E-state index contributed by atoms with van der Waals surface area (Å²) in [7, 11) is -2.87. The maximum atomic E-state index is 11.3. The fraction of sp³-hybridized carbons (Fsp3) is 0.625. The maximum absolute atomic E-state index is 11.3. The third-order valence-corrected chi connectivity index (χ3v) is 6.57. The van der Waals surface area contributed by atoms with E-state index in [-0.39, 0.29) is 5.75 Å². The van der Waals surface area contributed by atoms with Gasteiger partial charge in [0.25, 0.3) is 0 Å². The van der Waals surface area contributed by atoms with E-state index in [1.165, 1.54) is 17.4 Å². The highest BCUT2D eigenvalue weighted by Gasteiger charge is 2.32. The Morgan fingerprint density at radius 3 is 2.57 bits per heavy atom. The first kappa shape index (κ1) is 16.8. The Labute approximate surface area is 132 Å². The van der Waals surface area contributed by atoms with Crippen LogP contribution in [0.2, 0.25) is 0 Å². The maximum Gasteiger partial charge on any atom is 0.148 e. The predicted molar refractivity (Wildman–Crippen MR) is 91.8 cm³/mol. The molecule has 0 amide bonds. The Morgan fingerprint density at radius 2 is 1.95 bits per heavy atom. The van der Waals surface area contributed by atoms with Crippen LogP contribution in [-0.2, 0) is 9.84 Å². The van der Waals surface area contributed by atoms with E-state index < -0.39 is 9.84 Å². The van der Waals surface area contributed by atoms with Crippen LogP contribution in [0.3, 0.4) is 0 Å². The Bertz CT molecular complexity index is 571. The molecule has 0 bridgehead atoms. The number of hydrogen-bond donors (Lipinski definition) is 1. The summed E-state index contributed by atoms with van der Waals surface area (Å²) in [6.45, 7) is 5.32. The van der Waals surface area contributed by atoms with E-state index in [9.17, 15) is 8.42 Å². The summed E-state index contributed by atoms with van der Waals surface area (Å²) in [6.07, 6.45) is 2.41. The van der Waals surface area contributed by atoms with E-state index in [1.54, 1.807) is 11.8 Å². The van der Waals surface area contributed by atoms with Crippen molar-refractivity contribution in [3.63, 3.8) is 0 Å². The van der Waals surface area contributed by atoms with Gasteiger partial charge in [0, 0.05) is 23.3 Å². The first-order valence-corrected chi connectivity index (χ1v) is 10.6. The smallest absolute Gasteiger partial charge is 0.148 e. The lowest BCUT2D eigenvalue weighted by Gasteiger charge is -2.37. The highest BCUT2D eigenvalue weighted by molar-refractivity contribution is 8.01. The molecule has 5 heteroatoms. The third-order valence-electron chi connectivity index (χ3n) is 4.03. The average molecular weight is 328 g/mol. The van der Waals surface area contributed by atoms with Crippen molar-refractivity contribution in [2.24, 2.45) is 0 Å². The number of fused-ring (bicyclic) bond motifs is 1. The van der Waals surface area contributed by atoms with Gasteiger partial charge in [0.1, 0.15) is 9.84 Å². The molecule has 0 radical (unpaired) electrons. The monoisotopic (exact) mass is 327 g/mol. The average Bonchev–Trinajstić information content (AvgIpc) is 2.42. The van der Waals surface area contributed by atoms with Gasteiger partial charge in [-0.3, -0.25) is 0 Å². The molecule has 0 spiro atoms. The molecular formula is C16H25NO2S2. The molecule has 21 heavy (non-hydrogen) atoms. The number of nitrogens with one attached hydrogen (secondary N) is 1. The summed E-state index contributed by atoms with van der Waals surface area (Å²) >= 11 is 1.80. The van der Waals surface area contributed by atoms with Crippen molar-refractivity contribution in [2.45, 2.75) is 37.5 Å². The number of benzene rings is 1. The van der Waals surface area contributed by atoms with Gasteiger partial charge >= 0.3 is 0 Å². The molecule has 3 unspecified atom stereocenters. The number of thioether (sulfide) groups is 1. The van der Waals surface area contributed by atoms with Crippen LogP contribution in [0.4, 0.5) is 0 Å². The predicted octanol–water partition coefficient (Wildman–Crippen LogP) is 2.99. The Hall–Kier alpha value is -0.520. The van der Waals surface area contributed by atoms with Crippen molar-refractivity contribution in [1.82, 2.24) is 5.32 Å². The summed E-state index contributed by atoms with van der Waals surface area (Å²) in [4.78, 5) is 0. The summed E-state index contributed by atoms with van der Waals surface area (Å²) in [5.74, 6) is 1.48. The van der Waals surface area contributed by atoms with Crippen molar-refractivity contribution >= 4 is 21.6 Å². The minimum absolute atomic E-state index is 0.267.